The van der Waals surface area contributed by atoms with Gasteiger partial charge in [-0.1, -0.05) is 61.3 Å². The van der Waals surface area contributed by atoms with Crippen molar-refractivity contribution in [2.75, 3.05) is 13.2 Å². The Hall–Kier alpha value is -4.59. The van der Waals surface area contributed by atoms with Gasteiger partial charge in [-0.05, 0) is 104 Å². The zero-order valence-corrected chi connectivity index (χ0v) is 29.4. The summed E-state index contributed by atoms with van der Waals surface area (Å²) in [7, 11) is 0. The lowest BCUT2D eigenvalue weighted by atomic mass is 9.96. The number of aromatic nitrogens is 2. The fourth-order valence-electron chi connectivity index (χ4n) is 5.48. The van der Waals surface area contributed by atoms with Crippen LogP contribution < -0.4 is 19.8 Å². The first-order valence-electron chi connectivity index (χ1n) is 16.0. The molecule has 0 bridgehead atoms. The van der Waals surface area contributed by atoms with Crippen molar-refractivity contribution < 1.29 is 14.2 Å². The largest absolute Gasteiger partial charge is 0.494 e. The van der Waals surface area contributed by atoms with Gasteiger partial charge in [0.15, 0.2) is 17.3 Å². The fourth-order valence-corrected chi connectivity index (χ4v) is 5.80. The summed E-state index contributed by atoms with van der Waals surface area (Å²) < 4.78 is 19.7. The van der Waals surface area contributed by atoms with Gasteiger partial charge in [-0.25, -0.2) is 4.98 Å². The molecular weight excluding hydrogens is 645 g/mol. The van der Waals surface area contributed by atoms with Gasteiger partial charge in [0.2, 0.25) is 0 Å². The molecule has 0 aliphatic heterocycles. The van der Waals surface area contributed by atoms with Gasteiger partial charge in [0.05, 0.1) is 40.4 Å². The van der Waals surface area contributed by atoms with E-state index in [1.165, 1.54) is 4.68 Å². The third-order valence-electron chi connectivity index (χ3n) is 7.78. The quantitative estimate of drug-likeness (QED) is 0.0912. The molecule has 48 heavy (non-hydrogen) atoms. The van der Waals surface area contributed by atoms with Crippen LogP contribution in [0.4, 0.5) is 0 Å². The molecule has 0 atom stereocenters. The lowest BCUT2D eigenvalue weighted by Gasteiger charge is -2.18. The van der Waals surface area contributed by atoms with Crippen molar-refractivity contribution in [1.29, 1.82) is 0 Å². The van der Waals surface area contributed by atoms with Crippen LogP contribution in [0.25, 0.3) is 22.3 Å². The number of benzene rings is 4. The number of rotatable bonds is 13. The molecule has 4 aromatic carbocycles. The zero-order chi connectivity index (χ0) is 34.4. The molecule has 0 aliphatic rings. The van der Waals surface area contributed by atoms with Crippen LogP contribution in [0.5, 0.6) is 17.2 Å². The molecule has 9 heteroatoms. The normalized spacial score (nSPS) is 11.4. The smallest absolute Gasteiger partial charge is 0.282 e. The van der Waals surface area contributed by atoms with Crippen LogP contribution in [0.15, 0.2) is 89.3 Å². The van der Waals surface area contributed by atoms with Crippen molar-refractivity contribution in [3.05, 3.63) is 128 Å². The number of para-hydroxylation sites is 1. The summed E-state index contributed by atoms with van der Waals surface area (Å²) >= 11 is 12.3. The second-order valence-corrected chi connectivity index (χ2v) is 12.4. The number of fused-ring (bicyclic) bond motifs is 1. The molecule has 248 valence electrons. The average molecular weight is 685 g/mol. The van der Waals surface area contributed by atoms with E-state index < -0.39 is 0 Å². The Kier molecular flexibility index (Phi) is 11.2. The first-order valence-corrected chi connectivity index (χ1v) is 16.7. The van der Waals surface area contributed by atoms with Crippen LogP contribution in [0, 0.1) is 6.92 Å². The predicted octanol–water partition coefficient (Wildman–Crippen LogP) is 9.79. The molecular formula is C39H39Cl2N3O4. The van der Waals surface area contributed by atoms with E-state index in [-0.39, 0.29) is 18.1 Å². The molecule has 1 heterocycles. The summed E-state index contributed by atoms with van der Waals surface area (Å²) in [5, 5.41) is 6.17. The molecule has 0 saturated heterocycles. The molecule has 0 spiro atoms. The van der Waals surface area contributed by atoms with E-state index in [0.29, 0.717) is 57.9 Å². The highest BCUT2D eigenvalue weighted by Gasteiger charge is 2.19. The number of halogens is 2. The maximum Gasteiger partial charge on any atom is 0.282 e. The Morgan fingerprint density at radius 3 is 2.40 bits per heavy atom. The Bertz CT molecular complexity index is 2050. The summed E-state index contributed by atoms with van der Waals surface area (Å²) in [5.74, 6) is 2.59. The minimum atomic E-state index is -0.274. The summed E-state index contributed by atoms with van der Waals surface area (Å²) in [6, 6.07) is 20.6. The average Bonchev–Trinajstić information content (AvgIpc) is 3.06. The predicted molar refractivity (Wildman–Crippen MR) is 197 cm³/mol. The summed E-state index contributed by atoms with van der Waals surface area (Å²) in [5.41, 5.74) is 5.51. The van der Waals surface area contributed by atoms with E-state index in [2.05, 4.69) is 26.5 Å². The highest BCUT2D eigenvalue weighted by Crippen LogP contribution is 2.36. The first kappa shape index (κ1) is 34.7. The summed E-state index contributed by atoms with van der Waals surface area (Å²) in [6.07, 6.45) is 3.96. The van der Waals surface area contributed by atoms with Gasteiger partial charge >= 0.3 is 0 Å². The van der Waals surface area contributed by atoms with Crippen molar-refractivity contribution in [1.82, 2.24) is 9.66 Å². The van der Waals surface area contributed by atoms with E-state index in [4.69, 9.17) is 47.5 Å². The Balaban J connectivity index is 1.62. The summed E-state index contributed by atoms with van der Waals surface area (Å²) in [4.78, 5) is 19.0. The Morgan fingerprint density at radius 1 is 0.938 bits per heavy atom. The van der Waals surface area contributed by atoms with Crippen molar-refractivity contribution in [2.24, 2.45) is 5.10 Å². The van der Waals surface area contributed by atoms with Gasteiger partial charge < -0.3 is 14.2 Å². The second kappa shape index (κ2) is 15.5. The van der Waals surface area contributed by atoms with E-state index in [0.717, 1.165) is 39.1 Å². The third-order valence-corrected chi connectivity index (χ3v) is 8.52. The van der Waals surface area contributed by atoms with Crippen LogP contribution >= 0.6 is 23.2 Å². The molecule has 0 unspecified atom stereocenters. The molecule has 0 saturated carbocycles. The van der Waals surface area contributed by atoms with Crippen LogP contribution in [0.2, 0.25) is 10.0 Å². The van der Waals surface area contributed by atoms with Gasteiger partial charge in [0.1, 0.15) is 12.4 Å². The number of hydrogen-bond donors (Lipinski definition) is 0. The van der Waals surface area contributed by atoms with Gasteiger partial charge in [-0.15, -0.1) is 6.58 Å². The number of ether oxygens (including phenoxy) is 3. The highest BCUT2D eigenvalue weighted by atomic mass is 35.5. The van der Waals surface area contributed by atoms with Crippen LogP contribution in [-0.4, -0.2) is 29.1 Å². The third kappa shape index (κ3) is 7.59. The molecule has 7 nitrogen and oxygen atoms in total. The van der Waals surface area contributed by atoms with Gasteiger partial charge in [-0.2, -0.15) is 9.78 Å². The number of allylic oxidation sites excluding steroid dienone is 1. The molecule has 5 rings (SSSR count). The van der Waals surface area contributed by atoms with Crippen molar-refractivity contribution in [3.8, 4) is 28.6 Å². The molecule has 0 N–H and O–H groups in total. The maximum atomic E-state index is 14.0. The standard InChI is InChI=1S/C39H39Cl2N3O4/c1-7-12-28-18-27(20-36(47-9-3)37(28)48-23-26-15-16-32(40)33(41)19-26)22-42-44-38(43-34-14-11-10-13-29(34)39(44)45)31-21-30(24(4)5)35(46-8-2)17-25(31)6/h7,10-11,13-22,24H,1,8-9,12,23H2,2-6H3. The van der Waals surface area contributed by atoms with E-state index in [9.17, 15) is 4.79 Å². The Labute approximate surface area is 291 Å². The topological polar surface area (TPSA) is 74.9 Å². The minimum Gasteiger partial charge on any atom is -0.494 e. The molecule has 0 aliphatic carbocycles. The number of nitrogens with zero attached hydrogens (tertiary/aromatic N) is 3. The lowest BCUT2D eigenvalue weighted by molar-refractivity contribution is 0.267. The van der Waals surface area contributed by atoms with Crippen LogP contribution in [-0.2, 0) is 13.0 Å². The molecule has 0 radical (unpaired) electrons. The maximum absolute atomic E-state index is 14.0. The molecule has 0 fully saturated rings. The number of aryl methyl sites for hydroxylation is 1. The van der Waals surface area contributed by atoms with Gasteiger partial charge in [0, 0.05) is 11.1 Å². The van der Waals surface area contributed by atoms with Crippen LogP contribution in [0.3, 0.4) is 0 Å². The molecule has 0 amide bonds. The fraction of sp³-hybridized carbons (Fsp3) is 0.256. The summed E-state index contributed by atoms with van der Waals surface area (Å²) in [6.45, 7) is 15.3. The highest BCUT2D eigenvalue weighted by molar-refractivity contribution is 6.42. The number of hydrogen-bond acceptors (Lipinski definition) is 6. The SMILES string of the molecule is C=CCc1cc(C=Nn2c(-c3cc(C(C)C)c(OCC)cc3C)nc3ccccc3c2=O)cc(OCC)c1OCc1ccc(Cl)c(Cl)c1. The monoisotopic (exact) mass is 683 g/mol. The molecule has 1 aromatic heterocycles. The lowest BCUT2D eigenvalue weighted by Crippen LogP contribution is -2.21. The van der Waals surface area contributed by atoms with Crippen molar-refractivity contribution >= 4 is 40.3 Å². The minimum absolute atomic E-state index is 0.188. The van der Waals surface area contributed by atoms with Crippen molar-refractivity contribution in [3.63, 3.8) is 0 Å². The van der Waals surface area contributed by atoms with Crippen LogP contribution in [0.1, 0.15) is 61.4 Å². The first-order chi connectivity index (χ1) is 23.1. The Morgan fingerprint density at radius 2 is 1.69 bits per heavy atom. The van der Waals surface area contributed by atoms with E-state index >= 15 is 0 Å². The second-order valence-electron chi connectivity index (χ2n) is 11.6. The van der Waals surface area contributed by atoms with Crippen molar-refractivity contribution in [2.45, 2.75) is 53.6 Å². The zero-order valence-electron chi connectivity index (χ0n) is 27.8. The van der Waals surface area contributed by atoms with E-state index in [1.807, 2.05) is 63.2 Å². The van der Waals surface area contributed by atoms with E-state index in [1.54, 1.807) is 30.5 Å². The molecule has 5 aromatic rings. The van der Waals surface area contributed by atoms with Gasteiger partial charge in [0.25, 0.3) is 5.56 Å². The van der Waals surface area contributed by atoms with Gasteiger partial charge in [-0.3, -0.25) is 4.79 Å².